The first-order chi connectivity index (χ1) is 8.02. The van der Waals surface area contributed by atoms with E-state index in [1.54, 1.807) is 0 Å². The summed E-state index contributed by atoms with van der Waals surface area (Å²) < 4.78 is 44.6. The van der Waals surface area contributed by atoms with E-state index < -0.39 is 19.7 Å². The lowest BCUT2D eigenvalue weighted by molar-refractivity contribution is 0.601. The number of hydrogen-bond acceptors (Lipinski definition) is 4. The molecule has 2 heterocycles. The molecule has 0 aromatic heterocycles. The van der Waals surface area contributed by atoms with Crippen molar-refractivity contribution in [2.75, 3.05) is 23.0 Å². The van der Waals surface area contributed by atoms with Crippen LogP contribution in [0.3, 0.4) is 0 Å². The van der Waals surface area contributed by atoms with Gasteiger partial charge in [-0.15, -0.1) is 0 Å². The van der Waals surface area contributed by atoms with Crippen LogP contribution in [0.4, 0.5) is 0 Å². The van der Waals surface area contributed by atoms with Gasteiger partial charge in [0.15, 0.2) is 19.7 Å². The fourth-order valence-corrected chi connectivity index (χ4v) is 7.43. The Kier molecular flexibility index (Phi) is 5.25. The van der Waals surface area contributed by atoms with Crippen LogP contribution in [0, 0.1) is 0 Å². The molecule has 0 fully saturated rings. The van der Waals surface area contributed by atoms with Crippen LogP contribution in [0.25, 0.3) is 0 Å². The van der Waals surface area contributed by atoms with Gasteiger partial charge in [0.25, 0.3) is 0 Å². The molecule has 2 rings (SSSR count). The van der Waals surface area contributed by atoms with Crippen molar-refractivity contribution in [2.24, 2.45) is 0 Å². The number of hydrogen-bond donors (Lipinski definition) is 0. The van der Waals surface area contributed by atoms with Crippen molar-refractivity contribution in [3.05, 3.63) is 20.1 Å². The molecule has 0 radical (unpaired) electrons. The Morgan fingerprint density at radius 2 is 1.00 bits per heavy atom. The monoisotopic (exact) mass is 420 g/mol. The Labute approximate surface area is 125 Å². The number of sulfone groups is 2. The lowest BCUT2D eigenvalue weighted by Gasteiger charge is -1.86. The molecular weight excluding hydrogens is 408 g/mol. The van der Waals surface area contributed by atoms with Crippen molar-refractivity contribution in [2.45, 2.75) is 13.8 Å². The van der Waals surface area contributed by atoms with Gasteiger partial charge in [-0.1, -0.05) is 43.0 Å². The van der Waals surface area contributed by atoms with Crippen molar-refractivity contribution in [1.82, 2.24) is 0 Å². The van der Waals surface area contributed by atoms with Gasteiger partial charge in [-0.2, -0.15) is 0 Å². The number of rotatable bonds is 0. The van der Waals surface area contributed by atoms with E-state index >= 15 is 0 Å². The van der Waals surface area contributed by atoms with E-state index in [4.69, 9.17) is 0 Å². The smallest absolute Gasteiger partial charge is 0.159 e. The lowest BCUT2D eigenvalue weighted by Crippen LogP contribution is -2.02. The highest BCUT2D eigenvalue weighted by Gasteiger charge is 2.23. The standard InChI is InChI=1S/C6H10O2S.C4H4Br2O2S/c1-5-3-9(7,8)4-6(5)2;5-3-1-9(7,8)2-4(3)6/h3-4H2,1-2H3;1-2H2. The van der Waals surface area contributed by atoms with Crippen LogP contribution in [0.1, 0.15) is 13.8 Å². The van der Waals surface area contributed by atoms with Gasteiger partial charge in [-0.25, -0.2) is 16.8 Å². The first kappa shape index (κ1) is 16.4. The molecule has 104 valence electrons. The van der Waals surface area contributed by atoms with Crippen LogP contribution in [0.2, 0.25) is 0 Å². The third-order valence-corrected chi connectivity index (χ3v) is 8.58. The van der Waals surface area contributed by atoms with Gasteiger partial charge >= 0.3 is 0 Å². The van der Waals surface area contributed by atoms with Gasteiger partial charge in [-0.3, -0.25) is 0 Å². The molecule has 0 bridgehead atoms. The van der Waals surface area contributed by atoms with Gasteiger partial charge < -0.3 is 0 Å². The van der Waals surface area contributed by atoms with E-state index in [9.17, 15) is 16.8 Å². The third kappa shape index (κ3) is 4.79. The van der Waals surface area contributed by atoms with Crippen LogP contribution < -0.4 is 0 Å². The highest BCUT2D eigenvalue weighted by Crippen LogP contribution is 2.28. The topological polar surface area (TPSA) is 68.3 Å². The van der Waals surface area contributed by atoms with Gasteiger partial charge in [0.05, 0.1) is 23.0 Å². The molecule has 0 spiro atoms. The minimum atomic E-state index is -2.81. The van der Waals surface area contributed by atoms with Crippen molar-refractivity contribution >= 4 is 51.5 Å². The fourth-order valence-electron chi connectivity index (χ4n) is 1.55. The van der Waals surface area contributed by atoms with E-state index in [1.165, 1.54) is 0 Å². The van der Waals surface area contributed by atoms with Gasteiger partial charge in [0.1, 0.15) is 0 Å². The molecule has 0 atom stereocenters. The minimum Gasteiger partial charge on any atom is -0.228 e. The van der Waals surface area contributed by atoms with Crippen molar-refractivity contribution in [1.29, 1.82) is 0 Å². The maximum Gasteiger partial charge on any atom is 0.159 e. The van der Waals surface area contributed by atoms with Crippen molar-refractivity contribution in [3.8, 4) is 0 Å². The van der Waals surface area contributed by atoms with E-state index in [0.717, 1.165) is 20.1 Å². The normalized spacial score (nSPS) is 25.1. The predicted molar refractivity (Wildman–Crippen MR) is 80.6 cm³/mol. The third-order valence-electron chi connectivity index (χ3n) is 2.59. The molecule has 0 N–H and O–H groups in total. The summed E-state index contributed by atoms with van der Waals surface area (Å²) in [5.74, 6) is 0.846. The molecule has 0 aromatic rings. The zero-order chi connectivity index (χ0) is 14.1. The van der Waals surface area contributed by atoms with Crippen LogP contribution in [0.5, 0.6) is 0 Å². The molecular formula is C10H14Br2O4S2. The zero-order valence-corrected chi connectivity index (χ0v) is 14.8. The highest BCUT2D eigenvalue weighted by molar-refractivity contribution is 9.14. The quantitative estimate of drug-likeness (QED) is 0.562. The molecule has 8 heteroatoms. The van der Waals surface area contributed by atoms with E-state index in [-0.39, 0.29) is 23.0 Å². The molecule has 4 nitrogen and oxygen atoms in total. The van der Waals surface area contributed by atoms with Crippen LogP contribution in [0.15, 0.2) is 20.1 Å². The summed E-state index contributed by atoms with van der Waals surface area (Å²) in [6.45, 7) is 3.75. The second-order valence-electron chi connectivity index (χ2n) is 4.43. The Hall–Kier alpha value is 0.340. The molecule has 0 unspecified atom stereocenters. The summed E-state index contributed by atoms with van der Waals surface area (Å²) in [5.41, 5.74) is 2.05. The largest absolute Gasteiger partial charge is 0.228 e. The molecule has 0 saturated heterocycles. The highest BCUT2D eigenvalue weighted by atomic mass is 79.9. The van der Waals surface area contributed by atoms with E-state index in [0.29, 0.717) is 0 Å². The van der Waals surface area contributed by atoms with Gasteiger partial charge in [0.2, 0.25) is 0 Å². The van der Waals surface area contributed by atoms with Gasteiger partial charge in [0, 0.05) is 8.96 Å². The average Bonchev–Trinajstić information content (AvgIpc) is 2.49. The van der Waals surface area contributed by atoms with Crippen LogP contribution in [-0.4, -0.2) is 39.8 Å². The Balaban J connectivity index is 0.000000180. The minimum absolute atomic E-state index is 0.146. The second kappa shape index (κ2) is 5.76. The first-order valence-corrected chi connectivity index (χ1v) is 10.3. The predicted octanol–water partition coefficient (Wildman–Crippen LogP) is 2.17. The second-order valence-corrected chi connectivity index (χ2v) is 10.5. The summed E-state index contributed by atoms with van der Waals surface area (Å²) in [7, 11) is -5.53. The number of halogens is 2. The summed E-state index contributed by atoms with van der Waals surface area (Å²) in [6.07, 6.45) is 0. The molecule has 18 heavy (non-hydrogen) atoms. The molecule has 0 amide bonds. The lowest BCUT2D eigenvalue weighted by atomic mass is 10.2. The maximum absolute atomic E-state index is 10.8. The Morgan fingerprint density at radius 1 is 0.722 bits per heavy atom. The Bertz CT molecular complexity index is 516. The fraction of sp³-hybridized carbons (Fsp3) is 0.600. The zero-order valence-electron chi connectivity index (χ0n) is 10.0. The summed E-state index contributed by atoms with van der Waals surface area (Å²) in [6, 6.07) is 0. The maximum atomic E-state index is 10.8. The molecule has 0 saturated carbocycles. The molecule has 2 aliphatic heterocycles. The van der Waals surface area contributed by atoms with Gasteiger partial charge in [-0.05, 0) is 13.8 Å². The SMILES string of the molecule is CC1=C(C)CS(=O)(=O)C1.O=S1(=O)CC(Br)=C(Br)C1. The average molecular weight is 422 g/mol. The van der Waals surface area contributed by atoms with Crippen LogP contribution >= 0.6 is 31.9 Å². The molecule has 2 aliphatic rings. The molecule has 0 aromatic carbocycles. The first-order valence-electron chi connectivity index (χ1n) is 5.11. The van der Waals surface area contributed by atoms with Crippen LogP contribution in [-0.2, 0) is 19.7 Å². The summed E-state index contributed by atoms with van der Waals surface area (Å²) >= 11 is 6.27. The molecule has 0 aliphatic carbocycles. The van der Waals surface area contributed by atoms with E-state index in [2.05, 4.69) is 31.9 Å². The summed E-state index contributed by atoms with van der Waals surface area (Å²) in [5, 5.41) is 0. The van der Waals surface area contributed by atoms with Crippen molar-refractivity contribution in [3.63, 3.8) is 0 Å². The Morgan fingerprint density at radius 3 is 1.11 bits per heavy atom. The van der Waals surface area contributed by atoms with E-state index in [1.807, 2.05) is 13.8 Å². The van der Waals surface area contributed by atoms with Crippen molar-refractivity contribution < 1.29 is 16.8 Å². The summed E-state index contributed by atoms with van der Waals surface area (Å²) in [4.78, 5) is 0.